The first-order valence-electron chi connectivity index (χ1n) is 11.3. The van der Waals surface area contributed by atoms with Gasteiger partial charge in [-0.2, -0.15) is 0 Å². The van der Waals surface area contributed by atoms with Gasteiger partial charge in [-0.1, -0.05) is 36.4 Å². The summed E-state index contributed by atoms with van der Waals surface area (Å²) >= 11 is 0. The number of ether oxygens (including phenoxy) is 1. The molecule has 4 rings (SSSR count). The van der Waals surface area contributed by atoms with Crippen molar-refractivity contribution in [3.63, 3.8) is 0 Å². The summed E-state index contributed by atoms with van der Waals surface area (Å²) in [5.41, 5.74) is 4.69. The molecule has 1 aromatic heterocycles. The number of carbonyl (C=O) groups is 1. The molecule has 2 aromatic carbocycles. The van der Waals surface area contributed by atoms with Gasteiger partial charge in [-0.25, -0.2) is 0 Å². The molecule has 1 saturated heterocycles. The Morgan fingerprint density at radius 1 is 1.06 bits per heavy atom. The van der Waals surface area contributed by atoms with E-state index in [-0.39, 0.29) is 11.9 Å². The van der Waals surface area contributed by atoms with Gasteiger partial charge in [0.25, 0.3) is 0 Å². The number of methoxy groups -OCH3 is 1. The molecular weight excluding hydrogens is 398 g/mol. The fourth-order valence-corrected chi connectivity index (χ4v) is 4.55. The molecule has 0 unspecified atom stereocenters. The zero-order valence-electron chi connectivity index (χ0n) is 18.8. The summed E-state index contributed by atoms with van der Waals surface area (Å²) < 4.78 is 5.27. The Balaban J connectivity index is 1.39. The molecule has 1 N–H and O–H groups in total. The molecular formula is C27H31N3O2. The highest BCUT2D eigenvalue weighted by molar-refractivity contribution is 5.73. The SMILES string of the molecule is COc1ccc(-c2cccc(CN3CCC([C@H](NC(C)=O)c4ccccn4)CC3)c2)cc1. The van der Waals surface area contributed by atoms with Crippen LogP contribution in [0.3, 0.4) is 0 Å². The van der Waals surface area contributed by atoms with Crippen molar-refractivity contribution >= 4 is 5.91 Å². The van der Waals surface area contributed by atoms with Crippen molar-refractivity contribution in [2.75, 3.05) is 20.2 Å². The number of nitrogens with zero attached hydrogens (tertiary/aromatic N) is 2. The number of carbonyl (C=O) groups excluding carboxylic acids is 1. The molecule has 3 aromatic rings. The molecule has 1 atom stereocenters. The van der Waals surface area contributed by atoms with E-state index in [0.717, 1.165) is 43.9 Å². The second-order valence-electron chi connectivity index (χ2n) is 8.48. The van der Waals surface area contributed by atoms with Crippen molar-refractivity contribution in [2.45, 2.75) is 32.4 Å². The predicted molar refractivity (Wildman–Crippen MR) is 127 cm³/mol. The van der Waals surface area contributed by atoms with E-state index in [1.54, 1.807) is 20.2 Å². The molecule has 166 valence electrons. The van der Waals surface area contributed by atoms with E-state index in [1.807, 2.05) is 30.3 Å². The molecule has 0 bridgehead atoms. The average Bonchev–Trinajstić information content (AvgIpc) is 2.84. The van der Waals surface area contributed by atoms with Crippen LogP contribution >= 0.6 is 0 Å². The summed E-state index contributed by atoms with van der Waals surface area (Å²) in [4.78, 5) is 18.8. The average molecular weight is 430 g/mol. The number of nitrogens with one attached hydrogen (secondary N) is 1. The monoisotopic (exact) mass is 429 g/mol. The van der Waals surface area contributed by atoms with Crippen LogP contribution in [0.15, 0.2) is 72.9 Å². The molecule has 0 spiro atoms. The molecule has 32 heavy (non-hydrogen) atoms. The summed E-state index contributed by atoms with van der Waals surface area (Å²) in [6.45, 7) is 4.55. The topological polar surface area (TPSA) is 54.5 Å². The van der Waals surface area contributed by atoms with Crippen LogP contribution in [0.1, 0.15) is 37.1 Å². The van der Waals surface area contributed by atoms with Gasteiger partial charge in [-0.15, -0.1) is 0 Å². The maximum Gasteiger partial charge on any atom is 0.217 e. The van der Waals surface area contributed by atoms with Gasteiger partial charge in [-0.05, 0) is 78.9 Å². The van der Waals surface area contributed by atoms with Gasteiger partial charge in [0.2, 0.25) is 5.91 Å². The molecule has 1 amide bonds. The molecule has 1 fully saturated rings. The lowest BCUT2D eigenvalue weighted by Gasteiger charge is -2.36. The molecule has 2 heterocycles. The van der Waals surface area contributed by atoms with Crippen LogP contribution in [0.4, 0.5) is 0 Å². The molecule has 1 aliphatic heterocycles. The maximum absolute atomic E-state index is 11.8. The first kappa shape index (κ1) is 22.0. The fraction of sp³-hybridized carbons (Fsp3) is 0.333. The lowest BCUT2D eigenvalue weighted by molar-refractivity contribution is -0.120. The fourth-order valence-electron chi connectivity index (χ4n) is 4.55. The number of likely N-dealkylation sites (tertiary alicyclic amines) is 1. The first-order valence-corrected chi connectivity index (χ1v) is 11.3. The number of hydrogen-bond donors (Lipinski definition) is 1. The second kappa shape index (κ2) is 10.4. The van der Waals surface area contributed by atoms with Crippen LogP contribution in [0, 0.1) is 5.92 Å². The lowest BCUT2D eigenvalue weighted by atomic mass is 9.87. The van der Waals surface area contributed by atoms with Crippen LogP contribution < -0.4 is 10.1 Å². The number of rotatable bonds is 7. The number of amides is 1. The molecule has 5 nitrogen and oxygen atoms in total. The highest BCUT2D eigenvalue weighted by Gasteiger charge is 2.29. The van der Waals surface area contributed by atoms with Gasteiger partial charge in [0.05, 0.1) is 18.8 Å². The second-order valence-corrected chi connectivity index (χ2v) is 8.48. The maximum atomic E-state index is 11.8. The standard InChI is InChI=1S/C27H31N3O2/c1-20(31)29-27(26-8-3-4-15-28-26)23-13-16-30(17-14-23)19-21-6-5-7-24(18-21)22-9-11-25(32-2)12-10-22/h3-12,15,18,23,27H,13-14,16-17,19H2,1-2H3,(H,29,31)/t27-/m0/s1. The Kier molecular flexibility index (Phi) is 7.17. The highest BCUT2D eigenvalue weighted by Crippen LogP contribution is 2.31. The number of benzene rings is 2. The van der Waals surface area contributed by atoms with Crippen molar-refractivity contribution in [1.82, 2.24) is 15.2 Å². The lowest BCUT2D eigenvalue weighted by Crippen LogP contribution is -2.40. The van der Waals surface area contributed by atoms with Gasteiger partial charge in [0, 0.05) is 19.7 Å². The summed E-state index contributed by atoms with van der Waals surface area (Å²) in [5, 5.41) is 3.14. The third-order valence-electron chi connectivity index (χ3n) is 6.23. The Bertz CT molecular complexity index is 1010. The number of aromatic nitrogens is 1. The van der Waals surface area contributed by atoms with E-state index in [4.69, 9.17) is 4.74 Å². The van der Waals surface area contributed by atoms with Gasteiger partial charge in [0.1, 0.15) is 5.75 Å². The largest absolute Gasteiger partial charge is 0.497 e. The Morgan fingerprint density at radius 3 is 2.50 bits per heavy atom. The smallest absolute Gasteiger partial charge is 0.217 e. The van der Waals surface area contributed by atoms with E-state index >= 15 is 0 Å². The van der Waals surface area contributed by atoms with Gasteiger partial charge < -0.3 is 10.1 Å². The van der Waals surface area contributed by atoms with Crippen molar-refractivity contribution in [2.24, 2.45) is 5.92 Å². The van der Waals surface area contributed by atoms with Crippen LogP contribution in [0.2, 0.25) is 0 Å². The first-order chi connectivity index (χ1) is 15.6. The van der Waals surface area contributed by atoms with E-state index in [9.17, 15) is 4.79 Å². The van der Waals surface area contributed by atoms with Crippen LogP contribution in [-0.4, -0.2) is 36.0 Å². The van der Waals surface area contributed by atoms with Crippen molar-refractivity contribution < 1.29 is 9.53 Å². The van der Waals surface area contributed by atoms with Gasteiger partial charge >= 0.3 is 0 Å². The number of piperidine rings is 1. The quantitative estimate of drug-likeness (QED) is 0.584. The predicted octanol–water partition coefficient (Wildman–Crippen LogP) is 4.85. The number of hydrogen-bond acceptors (Lipinski definition) is 4. The zero-order chi connectivity index (χ0) is 22.3. The van der Waals surface area contributed by atoms with E-state index in [1.165, 1.54) is 16.7 Å². The van der Waals surface area contributed by atoms with Crippen LogP contribution in [-0.2, 0) is 11.3 Å². The van der Waals surface area contributed by atoms with Crippen LogP contribution in [0.25, 0.3) is 11.1 Å². The Morgan fingerprint density at radius 2 is 1.84 bits per heavy atom. The highest BCUT2D eigenvalue weighted by atomic mass is 16.5. The summed E-state index contributed by atoms with van der Waals surface area (Å²) in [6.07, 6.45) is 3.88. The van der Waals surface area contributed by atoms with Gasteiger partial charge in [0.15, 0.2) is 0 Å². The Hall–Kier alpha value is -3.18. The van der Waals surface area contributed by atoms with Gasteiger partial charge in [-0.3, -0.25) is 14.7 Å². The summed E-state index contributed by atoms with van der Waals surface area (Å²) in [6, 6.07) is 22.9. The van der Waals surface area contributed by atoms with E-state index in [0.29, 0.717) is 5.92 Å². The molecule has 0 aliphatic carbocycles. The van der Waals surface area contributed by atoms with E-state index in [2.05, 4.69) is 51.6 Å². The van der Waals surface area contributed by atoms with E-state index < -0.39 is 0 Å². The van der Waals surface area contributed by atoms with Crippen molar-refractivity contribution in [3.05, 3.63) is 84.2 Å². The minimum Gasteiger partial charge on any atom is -0.497 e. The summed E-state index contributed by atoms with van der Waals surface area (Å²) in [5.74, 6) is 1.27. The summed E-state index contributed by atoms with van der Waals surface area (Å²) in [7, 11) is 1.69. The molecule has 5 heteroatoms. The van der Waals surface area contributed by atoms with Crippen molar-refractivity contribution in [1.29, 1.82) is 0 Å². The molecule has 1 aliphatic rings. The minimum atomic E-state index is -0.0192. The Labute approximate surface area is 190 Å². The van der Waals surface area contributed by atoms with Crippen molar-refractivity contribution in [3.8, 4) is 16.9 Å². The van der Waals surface area contributed by atoms with Crippen LogP contribution in [0.5, 0.6) is 5.75 Å². The number of pyridine rings is 1. The zero-order valence-corrected chi connectivity index (χ0v) is 18.8. The third-order valence-corrected chi connectivity index (χ3v) is 6.23. The normalized spacial score (nSPS) is 15.8. The molecule has 0 radical (unpaired) electrons. The third kappa shape index (κ3) is 5.54. The molecule has 0 saturated carbocycles. The minimum absolute atomic E-state index is 0.00145.